The highest BCUT2D eigenvalue weighted by Gasteiger charge is 2.18. The van der Waals surface area contributed by atoms with Gasteiger partial charge in [-0.3, -0.25) is 0 Å². The maximum atomic E-state index is 10.4. The van der Waals surface area contributed by atoms with Crippen LogP contribution in [0.15, 0.2) is 11.6 Å². The lowest BCUT2D eigenvalue weighted by Gasteiger charge is -2.27. The first-order chi connectivity index (χ1) is 6.73. The van der Waals surface area contributed by atoms with Crippen LogP contribution >= 0.6 is 0 Å². The van der Waals surface area contributed by atoms with Gasteiger partial charge in [0, 0.05) is 12.6 Å². The van der Waals surface area contributed by atoms with Crippen LogP contribution in [0.4, 0.5) is 0 Å². The SMILES string of the molecule is CC(=CC(=O)O)CNCC(C)C(C)(C)C. The number of carbonyl (C=O) groups is 1. The van der Waals surface area contributed by atoms with E-state index in [-0.39, 0.29) is 5.41 Å². The predicted molar refractivity (Wildman–Crippen MR) is 62.9 cm³/mol. The summed E-state index contributed by atoms with van der Waals surface area (Å²) in [6, 6.07) is 0. The first-order valence-electron chi connectivity index (χ1n) is 5.34. The van der Waals surface area contributed by atoms with Gasteiger partial charge < -0.3 is 10.4 Å². The fourth-order valence-electron chi connectivity index (χ4n) is 1.05. The summed E-state index contributed by atoms with van der Waals surface area (Å²) in [5.41, 5.74) is 1.14. The fraction of sp³-hybridized carbons (Fsp3) is 0.750. The molecule has 0 fully saturated rings. The van der Waals surface area contributed by atoms with Crippen LogP contribution in [0.2, 0.25) is 0 Å². The molecule has 0 spiro atoms. The molecular weight excluding hydrogens is 190 g/mol. The lowest BCUT2D eigenvalue weighted by Crippen LogP contribution is -2.30. The van der Waals surface area contributed by atoms with Crippen molar-refractivity contribution in [2.45, 2.75) is 34.6 Å². The summed E-state index contributed by atoms with van der Waals surface area (Å²) in [5, 5.41) is 11.8. The summed E-state index contributed by atoms with van der Waals surface area (Å²) in [7, 11) is 0. The molecule has 0 bridgehead atoms. The predicted octanol–water partition coefficient (Wildman–Crippen LogP) is 2.29. The molecule has 0 aliphatic carbocycles. The minimum Gasteiger partial charge on any atom is -0.478 e. The fourth-order valence-corrected chi connectivity index (χ4v) is 1.05. The van der Waals surface area contributed by atoms with E-state index in [2.05, 4.69) is 33.0 Å². The Morgan fingerprint density at radius 2 is 2.00 bits per heavy atom. The molecule has 0 aliphatic rings. The van der Waals surface area contributed by atoms with Crippen LogP contribution in [-0.4, -0.2) is 24.2 Å². The molecule has 0 amide bonds. The molecule has 1 atom stereocenters. The molecule has 0 aromatic carbocycles. The zero-order valence-electron chi connectivity index (χ0n) is 10.4. The second kappa shape index (κ2) is 5.91. The molecular formula is C12H23NO2. The average molecular weight is 213 g/mol. The van der Waals surface area contributed by atoms with Crippen molar-refractivity contribution in [1.82, 2.24) is 5.32 Å². The number of carboxylic acids is 1. The van der Waals surface area contributed by atoms with Gasteiger partial charge in [0.25, 0.3) is 0 Å². The Bertz CT molecular complexity index is 238. The van der Waals surface area contributed by atoms with Crippen molar-refractivity contribution in [3.8, 4) is 0 Å². The van der Waals surface area contributed by atoms with Crippen molar-refractivity contribution in [3.05, 3.63) is 11.6 Å². The molecule has 3 heteroatoms. The first kappa shape index (κ1) is 14.2. The topological polar surface area (TPSA) is 49.3 Å². The normalized spacial score (nSPS) is 15.1. The quantitative estimate of drug-likeness (QED) is 0.689. The minimum absolute atomic E-state index is 0.289. The summed E-state index contributed by atoms with van der Waals surface area (Å²) in [5.74, 6) is -0.312. The third-order valence-electron chi connectivity index (χ3n) is 2.70. The van der Waals surface area contributed by atoms with E-state index >= 15 is 0 Å². The van der Waals surface area contributed by atoms with Crippen molar-refractivity contribution in [1.29, 1.82) is 0 Å². The minimum atomic E-state index is -0.877. The van der Waals surface area contributed by atoms with E-state index in [0.29, 0.717) is 12.5 Å². The Balaban J connectivity index is 3.86. The number of rotatable bonds is 5. The smallest absolute Gasteiger partial charge is 0.328 e. The highest BCUT2D eigenvalue weighted by Crippen LogP contribution is 2.24. The summed E-state index contributed by atoms with van der Waals surface area (Å²) >= 11 is 0. The molecule has 0 aliphatic heterocycles. The summed E-state index contributed by atoms with van der Waals surface area (Å²) in [6.07, 6.45) is 1.24. The lowest BCUT2D eigenvalue weighted by molar-refractivity contribution is -0.131. The van der Waals surface area contributed by atoms with E-state index < -0.39 is 5.97 Å². The third kappa shape index (κ3) is 7.14. The standard InChI is InChI=1S/C12H23NO2/c1-9(6-11(14)15)7-13-8-10(2)12(3,4)5/h6,10,13H,7-8H2,1-5H3,(H,14,15). The summed E-state index contributed by atoms with van der Waals surface area (Å²) in [4.78, 5) is 10.4. The number of carboxylic acid groups (broad SMARTS) is 1. The largest absolute Gasteiger partial charge is 0.478 e. The molecule has 0 saturated carbocycles. The summed E-state index contributed by atoms with van der Waals surface area (Å²) < 4.78 is 0. The molecule has 3 nitrogen and oxygen atoms in total. The van der Waals surface area contributed by atoms with Crippen LogP contribution in [0.1, 0.15) is 34.6 Å². The molecule has 0 heterocycles. The van der Waals surface area contributed by atoms with Crippen LogP contribution in [0.5, 0.6) is 0 Å². The van der Waals surface area contributed by atoms with Gasteiger partial charge in [-0.15, -0.1) is 0 Å². The second-order valence-corrected chi connectivity index (χ2v) is 5.23. The summed E-state index contributed by atoms with van der Waals surface area (Å²) in [6.45, 7) is 12.2. The molecule has 88 valence electrons. The van der Waals surface area contributed by atoms with Gasteiger partial charge in [-0.2, -0.15) is 0 Å². The van der Waals surface area contributed by atoms with Gasteiger partial charge in [-0.05, 0) is 24.8 Å². The maximum absolute atomic E-state index is 10.4. The van der Waals surface area contributed by atoms with Gasteiger partial charge in [0.2, 0.25) is 0 Å². The Kier molecular flexibility index (Phi) is 5.58. The Labute approximate surface area is 92.6 Å². The number of nitrogens with one attached hydrogen (secondary N) is 1. The van der Waals surface area contributed by atoms with E-state index in [4.69, 9.17) is 5.11 Å². The van der Waals surface area contributed by atoms with E-state index in [1.54, 1.807) is 0 Å². The number of hydrogen-bond donors (Lipinski definition) is 2. The van der Waals surface area contributed by atoms with Crippen molar-refractivity contribution >= 4 is 5.97 Å². The van der Waals surface area contributed by atoms with Crippen LogP contribution in [0.3, 0.4) is 0 Å². The molecule has 2 N–H and O–H groups in total. The Morgan fingerprint density at radius 3 is 2.40 bits per heavy atom. The zero-order chi connectivity index (χ0) is 12.1. The van der Waals surface area contributed by atoms with Gasteiger partial charge >= 0.3 is 5.97 Å². The van der Waals surface area contributed by atoms with Crippen LogP contribution < -0.4 is 5.32 Å². The molecule has 0 rings (SSSR count). The van der Waals surface area contributed by atoms with Crippen molar-refractivity contribution in [2.24, 2.45) is 11.3 Å². The highest BCUT2D eigenvalue weighted by atomic mass is 16.4. The molecule has 0 aromatic heterocycles. The van der Waals surface area contributed by atoms with Crippen LogP contribution in [0.25, 0.3) is 0 Å². The van der Waals surface area contributed by atoms with E-state index in [1.165, 1.54) is 6.08 Å². The van der Waals surface area contributed by atoms with Gasteiger partial charge in [0.15, 0.2) is 0 Å². The second-order valence-electron chi connectivity index (χ2n) is 5.23. The van der Waals surface area contributed by atoms with E-state index in [9.17, 15) is 4.79 Å². The lowest BCUT2D eigenvalue weighted by atomic mass is 9.82. The highest BCUT2D eigenvalue weighted by molar-refractivity contribution is 5.80. The molecule has 1 unspecified atom stereocenters. The van der Waals surface area contributed by atoms with Crippen LogP contribution in [0, 0.1) is 11.3 Å². The van der Waals surface area contributed by atoms with Crippen molar-refractivity contribution in [2.75, 3.05) is 13.1 Å². The molecule has 0 aromatic rings. The maximum Gasteiger partial charge on any atom is 0.328 e. The Morgan fingerprint density at radius 1 is 1.47 bits per heavy atom. The van der Waals surface area contributed by atoms with E-state index in [1.807, 2.05) is 6.92 Å². The van der Waals surface area contributed by atoms with Crippen molar-refractivity contribution in [3.63, 3.8) is 0 Å². The monoisotopic (exact) mass is 213 g/mol. The molecule has 0 saturated heterocycles. The molecule has 15 heavy (non-hydrogen) atoms. The van der Waals surface area contributed by atoms with Gasteiger partial charge in [0.05, 0.1) is 0 Å². The number of aliphatic carboxylic acids is 1. The van der Waals surface area contributed by atoms with Gasteiger partial charge in [-0.25, -0.2) is 4.79 Å². The zero-order valence-corrected chi connectivity index (χ0v) is 10.4. The Hall–Kier alpha value is -0.830. The van der Waals surface area contributed by atoms with Crippen LogP contribution in [-0.2, 0) is 4.79 Å². The van der Waals surface area contributed by atoms with Gasteiger partial charge in [-0.1, -0.05) is 33.3 Å². The molecule has 0 radical (unpaired) electrons. The number of hydrogen-bond acceptors (Lipinski definition) is 2. The average Bonchev–Trinajstić information content (AvgIpc) is 2.00. The van der Waals surface area contributed by atoms with Crippen molar-refractivity contribution < 1.29 is 9.90 Å². The first-order valence-corrected chi connectivity index (χ1v) is 5.34. The third-order valence-corrected chi connectivity index (χ3v) is 2.70. The van der Waals surface area contributed by atoms with Gasteiger partial charge in [0.1, 0.15) is 0 Å². The van der Waals surface area contributed by atoms with E-state index in [0.717, 1.165) is 12.1 Å².